The van der Waals surface area contributed by atoms with E-state index in [2.05, 4.69) is 42.2 Å². The van der Waals surface area contributed by atoms with Crippen LogP contribution < -0.4 is 5.32 Å². The molecule has 0 aliphatic carbocycles. The Morgan fingerprint density at radius 3 is 2.68 bits per heavy atom. The quantitative estimate of drug-likeness (QED) is 0.729. The predicted octanol–water partition coefficient (Wildman–Crippen LogP) is 4.82. The SMILES string of the molecule is Cc1cc(NC(=O)c2ccc(Br)c(Cl)c2)cnc1Br. The van der Waals surface area contributed by atoms with Gasteiger partial charge in [-0.05, 0) is 68.6 Å². The summed E-state index contributed by atoms with van der Waals surface area (Å²) < 4.78 is 1.52. The largest absolute Gasteiger partial charge is 0.321 e. The lowest BCUT2D eigenvalue weighted by molar-refractivity contribution is 0.102. The Hall–Kier alpha value is -0.910. The number of nitrogens with one attached hydrogen (secondary N) is 1. The molecule has 2 aromatic rings. The van der Waals surface area contributed by atoms with Gasteiger partial charge < -0.3 is 5.32 Å². The molecular formula is C13H9Br2ClN2O. The second-order valence-electron chi connectivity index (χ2n) is 3.91. The van der Waals surface area contributed by atoms with Crippen LogP contribution in [-0.4, -0.2) is 10.9 Å². The molecule has 1 N–H and O–H groups in total. The van der Waals surface area contributed by atoms with Gasteiger partial charge in [0.15, 0.2) is 0 Å². The van der Waals surface area contributed by atoms with Gasteiger partial charge in [-0.1, -0.05) is 11.6 Å². The molecule has 0 aliphatic rings. The zero-order valence-electron chi connectivity index (χ0n) is 9.88. The van der Waals surface area contributed by atoms with E-state index < -0.39 is 0 Å². The van der Waals surface area contributed by atoms with Crippen LogP contribution >= 0.6 is 43.5 Å². The Bertz CT molecular complexity index is 647. The number of benzene rings is 1. The minimum Gasteiger partial charge on any atom is -0.321 e. The number of nitrogens with zero attached hydrogens (tertiary/aromatic N) is 1. The number of hydrogen-bond donors (Lipinski definition) is 1. The molecule has 0 radical (unpaired) electrons. The molecule has 1 heterocycles. The van der Waals surface area contributed by atoms with Crippen LogP contribution in [0, 0.1) is 6.92 Å². The Morgan fingerprint density at radius 1 is 1.32 bits per heavy atom. The third-order valence-electron chi connectivity index (χ3n) is 2.45. The fourth-order valence-corrected chi connectivity index (χ4v) is 2.11. The number of aryl methyl sites for hydroxylation is 1. The molecular weight excluding hydrogens is 395 g/mol. The van der Waals surface area contributed by atoms with E-state index >= 15 is 0 Å². The minimum absolute atomic E-state index is 0.224. The smallest absolute Gasteiger partial charge is 0.255 e. The molecule has 19 heavy (non-hydrogen) atoms. The predicted molar refractivity (Wildman–Crippen MR) is 83.8 cm³/mol. The molecule has 98 valence electrons. The van der Waals surface area contributed by atoms with E-state index in [9.17, 15) is 4.79 Å². The van der Waals surface area contributed by atoms with Crippen LogP contribution in [0.5, 0.6) is 0 Å². The van der Waals surface area contributed by atoms with Crippen molar-refractivity contribution < 1.29 is 4.79 Å². The highest BCUT2D eigenvalue weighted by atomic mass is 79.9. The standard InChI is InChI=1S/C13H9Br2ClN2O/c1-7-4-9(6-17-12(7)15)18-13(19)8-2-3-10(14)11(16)5-8/h2-6H,1H3,(H,18,19). The Kier molecular flexibility index (Phi) is 4.60. The molecule has 0 unspecified atom stereocenters. The first kappa shape index (κ1) is 14.5. The highest BCUT2D eigenvalue weighted by Gasteiger charge is 2.09. The fraction of sp³-hybridized carbons (Fsp3) is 0.0769. The van der Waals surface area contributed by atoms with Gasteiger partial charge in [-0.25, -0.2) is 4.98 Å². The number of anilines is 1. The van der Waals surface area contributed by atoms with Crippen molar-refractivity contribution in [2.75, 3.05) is 5.32 Å². The molecule has 0 saturated heterocycles. The van der Waals surface area contributed by atoms with Crippen molar-refractivity contribution >= 4 is 55.1 Å². The van der Waals surface area contributed by atoms with E-state index in [0.717, 1.165) is 14.6 Å². The fourth-order valence-electron chi connectivity index (χ4n) is 1.47. The average molecular weight is 404 g/mol. The zero-order valence-corrected chi connectivity index (χ0v) is 13.8. The van der Waals surface area contributed by atoms with Crippen LogP contribution in [-0.2, 0) is 0 Å². The van der Waals surface area contributed by atoms with Crippen molar-refractivity contribution in [2.45, 2.75) is 6.92 Å². The summed E-state index contributed by atoms with van der Waals surface area (Å²) >= 11 is 12.6. The second-order valence-corrected chi connectivity index (χ2v) is 5.93. The molecule has 0 saturated carbocycles. The Balaban J connectivity index is 2.20. The van der Waals surface area contributed by atoms with Gasteiger partial charge in [-0.15, -0.1) is 0 Å². The van der Waals surface area contributed by atoms with Crippen LogP contribution in [0.3, 0.4) is 0 Å². The number of rotatable bonds is 2. The summed E-state index contributed by atoms with van der Waals surface area (Å²) in [5.41, 5.74) is 2.09. The summed E-state index contributed by atoms with van der Waals surface area (Å²) in [6, 6.07) is 6.89. The Labute approximate surface area is 132 Å². The van der Waals surface area contributed by atoms with Crippen LogP contribution in [0.15, 0.2) is 39.5 Å². The average Bonchev–Trinajstić information content (AvgIpc) is 2.37. The number of amides is 1. The van der Waals surface area contributed by atoms with Crippen LogP contribution in [0.4, 0.5) is 5.69 Å². The minimum atomic E-state index is -0.224. The van der Waals surface area contributed by atoms with Crippen molar-refractivity contribution in [3.05, 3.63) is 55.7 Å². The lowest BCUT2D eigenvalue weighted by atomic mass is 10.2. The summed E-state index contributed by atoms with van der Waals surface area (Å²) in [6.45, 7) is 1.91. The third kappa shape index (κ3) is 3.55. The van der Waals surface area contributed by atoms with Crippen LogP contribution in [0.1, 0.15) is 15.9 Å². The molecule has 6 heteroatoms. The summed E-state index contributed by atoms with van der Waals surface area (Å²) in [4.78, 5) is 16.2. The first-order valence-electron chi connectivity index (χ1n) is 5.36. The first-order valence-corrected chi connectivity index (χ1v) is 7.32. The highest BCUT2D eigenvalue weighted by molar-refractivity contribution is 9.10. The highest BCUT2D eigenvalue weighted by Crippen LogP contribution is 2.24. The second kappa shape index (κ2) is 6.03. The number of carbonyl (C=O) groups excluding carboxylic acids is 1. The maximum Gasteiger partial charge on any atom is 0.255 e. The normalized spacial score (nSPS) is 10.3. The molecule has 0 fully saturated rings. The van der Waals surface area contributed by atoms with Crippen molar-refractivity contribution in [3.63, 3.8) is 0 Å². The monoisotopic (exact) mass is 402 g/mol. The molecule has 0 bridgehead atoms. The van der Waals surface area contributed by atoms with E-state index in [1.807, 2.05) is 13.0 Å². The van der Waals surface area contributed by atoms with Gasteiger partial charge in [0.1, 0.15) is 4.60 Å². The van der Waals surface area contributed by atoms with Gasteiger partial charge >= 0.3 is 0 Å². The molecule has 1 aromatic heterocycles. The number of halogens is 3. The van der Waals surface area contributed by atoms with Crippen LogP contribution in [0.2, 0.25) is 5.02 Å². The van der Waals surface area contributed by atoms with Crippen molar-refractivity contribution in [1.82, 2.24) is 4.98 Å². The number of hydrogen-bond acceptors (Lipinski definition) is 2. The lowest BCUT2D eigenvalue weighted by Gasteiger charge is -2.07. The topological polar surface area (TPSA) is 42.0 Å². The summed E-state index contributed by atoms with van der Waals surface area (Å²) in [5, 5.41) is 3.27. The maximum atomic E-state index is 12.0. The molecule has 0 aliphatic heterocycles. The van der Waals surface area contributed by atoms with E-state index in [-0.39, 0.29) is 5.91 Å². The number of carbonyl (C=O) groups is 1. The van der Waals surface area contributed by atoms with E-state index in [4.69, 9.17) is 11.6 Å². The molecule has 0 spiro atoms. The summed E-state index contributed by atoms with van der Waals surface area (Å²) in [5.74, 6) is -0.224. The zero-order chi connectivity index (χ0) is 14.0. The number of aromatic nitrogens is 1. The van der Waals surface area contributed by atoms with Gasteiger partial charge in [-0.2, -0.15) is 0 Å². The van der Waals surface area contributed by atoms with Gasteiger partial charge in [0.05, 0.1) is 16.9 Å². The summed E-state index contributed by atoms with van der Waals surface area (Å²) in [7, 11) is 0. The third-order valence-corrected chi connectivity index (χ3v) is 4.52. The number of pyridine rings is 1. The van der Waals surface area contributed by atoms with Crippen LogP contribution in [0.25, 0.3) is 0 Å². The van der Waals surface area contributed by atoms with Gasteiger partial charge in [0.25, 0.3) is 5.91 Å². The van der Waals surface area contributed by atoms with Gasteiger partial charge in [-0.3, -0.25) is 4.79 Å². The lowest BCUT2D eigenvalue weighted by Crippen LogP contribution is -2.12. The van der Waals surface area contributed by atoms with E-state index in [1.165, 1.54) is 0 Å². The van der Waals surface area contributed by atoms with Gasteiger partial charge in [0.2, 0.25) is 0 Å². The van der Waals surface area contributed by atoms with E-state index in [0.29, 0.717) is 16.3 Å². The molecule has 3 nitrogen and oxygen atoms in total. The molecule has 2 rings (SSSR count). The molecule has 0 atom stereocenters. The van der Waals surface area contributed by atoms with Crippen molar-refractivity contribution in [1.29, 1.82) is 0 Å². The molecule has 1 aromatic carbocycles. The van der Waals surface area contributed by atoms with Crippen molar-refractivity contribution in [3.8, 4) is 0 Å². The van der Waals surface area contributed by atoms with Crippen molar-refractivity contribution in [2.24, 2.45) is 0 Å². The first-order chi connectivity index (χ1) is 8.97. The van der Waals surface area contributed by atoms with E-state index in [1.54, 1.807) is 24.4 Å². The summed E-state index contributed by atoms with van der Waals surface area (Å²) in [6.07, 6.45) is 1.59. The maximum absolute atomic E-state index is 12.0. The molecule has 1 amide bonds. The Morgan fingerprint density at radius 2 is 2.05 bits per heavy atom. The van der Waals surface area contributed by atoms with Gasteiger partial charge in [0, 0.05) is 10.0 Å².